The van der Waals surface area contributed by atoms with Crippen LogP contribution in [0.25, 0.3) is 0 Å². The number of benzene rings is 1. The first-order chi connectivity index (χ1) is 9.74. The highest BCUT2D eigenvalue weighted by atomic mass is 35.5. The van der Waals surface area contributed by atoms with Gasteiger partial charge in [-0.15, -0.1) is 0 Å². The van der Waals surface area contributed by atoms with Crippen LogP contribution in [0.1, 0.15) is 32.1 Å². The van der Waals surface area contributed by atoms with Crippen LogP contribution in [0.5, 0.6) is 5.75 Å². The maximum Gasteiger partial charge on any atom is 0.322 e. The Bertz CT molecular complexity index is 501. The van der Waals surface area contributed by atoms with Gasteiger partial charge in [-0.3, -0.25) is 4.90 Å². The van der Waals surface area contributed by atoms with Gasteiger partial charge in [-0.05, 0) is 31.0 Å². The Balaban J connectivity index is 1.74. The lowest BCUT2D eigenvalue weighted by Gasteiger charge is -2.32. The molecule has 0 aromatic heterocycles. The molecule has 2 aliphatic rings. The molecule has 1 aromatic rings. The Hall–Kier alpha value is -1.42. The number of ether oxygens (including phenoxy) is 1. The molecule has 0 saturated heterocycles. The molecule has 5 heteroatoms. The predicted molar refractivity (Wildman–Crippen MR) is 79.7 cm³/mol. The van der Waals surface area contributed by atoms with Crippen molar-refractivity contribution in [2.24, 2.45) is 0 Å². The number of halogens is 1. The van der Waals surface area contributed by atoms with Gasteiger partial charge in [0.2, 0.25) is 0 Å². The number of urea groups is 1. The third-order valence-electron chi connectivity index (χ3n) is 3.96. The summed E-state index contributed by atoms with van der Waals surface area (Å²) in [5.41, 5.74) is 0.761. The zero-order chi connectivity index (χ0) is 13.9. The van der Waals surface area contributed by atoms with Crippen molar-refractivity contribution in [3.63, 3.8) is 0 Å². The highest BCUT2D eigenvalue weighted by Gasteiger charge is 2.26. The zero-order valence-corrected chi connectivity index (χ0v) is 12.2. The van der Waals surface area contributed by atoms with Gasteiger partial charge in [0.25, 0.3) is 0 Å². The van der Waals surface area contributed by atoms with E-state index in [-0.39, 0.29) is 6.03 Å². The van der Waals surface area contributed by atoms with Crippen molar-refractivity contribution in [2.75, 3.05) is 18.1 Å². The topological polar surface area (TPSA) is 41.6 Å². The van der Waals surface area contributed by atoms with Crippen LogP contribution in [0, 0.1) is 0 Å². The molecule has 0 unspecified atom stereocenters. The molecule has 1 N–H and O–H groups in total. The fourth-order valence-corrected chi connectivity index (χ4v) is 3.07. The van der Waals surface area contributed by atoms with Crippen molar-refractivity contribution in [3.8, 4) is 5.75 Å². The van der Waals surface area contributed by atoms with E-state index in [0.29, 0.717) is 24.2 Å². The van der Waals surface area contributed by atoms with Crippen LogP contribution in [0.3, 0.4) is 0 Å². The average molecular weight is 295 g/mol. The molecule has 0 radical (unpaired) electrons. The number of carbonyl (C=O) groups is 1. The Labute approximate surface area is 124 Å². The molecule has 0 atom stereocenters. The molecule has 1 heterocycles. The minimum atomic E-state index is -0.0382. The molecule has 1 aliphatic carbocycles. The van der Waals surface area contributed by atoms with Crippen molar-refractivity contribution in [3.05, 3.63) is 23.2 Å². The molecule has 3 rings (SSSR count). The quantitative estimate of drug-likeness (QED) is 0.860. The summed E-state index contributed by atoms with van der Waals surface area (Å²) in [6.45, 7) is 1.08. The minimum Gasteiger partial charge on any atom is -0.490 e. The molecular formula is C15H19ClN2O2. The molecule has 2 amide bonds. The SMILES string of the molecule is O=C(NC1CCCCC1)N1CCOc2ccc(Cl)cc21. The molecule has 1 aliphatic heterocycles. The minimum absolute atomic E-state index is 0.0382. The maximum atomic E-state index is 12.5. The molecular weight excluding hydrogens is 276 g/mol. The summed E-state index contributed by atoms with van der Waals surface area (Å²) in [6, 6.07) is 5.65. The van der Waals surface area contributed by atoms with Gasteiger partial charge in [0.15, 0.2) is 0 Å². The number of hydrogen-bond donors (Lipinski definition) is 1. The van der Waals surface area contributed by atoms with E-state index in [1.54, 1.807) is 17.0 Å². The van der Waals surface area contributed by atoms with Crippen LogP contribution in [-0.2, 0) is 0 Å². The monoisotopic (exact) mass is 294 g/mol. The van der Waals surface area contributed by atoms with Crippen molar-refractivity contribution < 1.29 is 9.53 Å². The van der Waals surface area contributed by atoms with Gasteiger partial charge in [0, 0.05) is 11.1 Å². The number of nitrogens with one attached hydrogen (secondary N) is 1. The normalized spacial score (nSPS) is 19.1. The first-order valence-corrected chi connectivity index (χ1v) is 7.62. The van der Waals surface area contributed by atoms with Gasteiger partial charge in [-0.25, -0.2) is 4.79 Å². The Morgan fingerprint density at radius 1 is 1.30 bits per heavy atom. The zero-order valence-electron chi connectivity index (χ0n) is 11.4. The Morgan fingerprint density at radius 2 is 2.10 bits per heavy atom. The number of fused-ring (bicyclic) bond motifs is 1. The second-order valence-electron chi connectivity index (χ2n) is 5.40. The van der Waals surface area contributed by atoms with E-state index in [0.717, 1.165) is 24.3 Å². The van der Waals surface area contributed by atoms with Gasteiger partial charge >= 0.3 is 6.03 Å². The molecule has 1 saturated carbocycles. The number of carbonyl (C=O) groups excluding carboxylic acids is 1. The van der Waals surface area contributed by atoms with Gasteiger partial charge < -0.3 is 10.1 Å². The summed E-state index contributed by atoms with van der Waals surface area (Å²) in [4.78, 5) is 14.2. The molecule has 108 valence electrons. The maximum absolute atomic E-state index is 12.5. The second-order valence-corrected chi connectivity index (χ2v) is 5.83. The summed E-state index contributed by atoms with van der Waals surface area (Å²) < 4.78 is 5.57. The summed E-state index contributed by atoms with van der Waals surface area (Å²) in [7, 11) is 0. The molecule has 4 nitrogen and oxygen atoms in total. The largest absolute Gasteiger partial charge is 0.490 e. The number of hydrogen-bond acceptors (Lipinski definition) is 2. The summed E-state index contributed by atoms with van der Waals surface area (Å²) >= 11 is 6.02. The molecule has 1 aromatic carbocycles. The predicted octanol–water partition coefficient (Wildman–Crippen LogP) is 3.58. The van der Waals surface area contributed by atoms with E-state index in [1.165, 1.54) is 19.3 Å². The fraction of sp³-hybridized carbons (Fsp3) is 0.533. The average Bonchev–Trinajstić information content (AvgIpc) is 2.47. The van der Waals surface area contributed by atoms with Gasteiger partial charge in [0.05, 0.1) is 12.2 Å². The number of anilines is 1. The summed E-state index contributed by atoms with van der Waals surface area (Å²) in [5, 5.41) is 3.75. The first kappa shape index (κ1) is 13.6. The molecule has 0 bridgehead atoms. The lowest BCUT2D eigenvalue weighted by Crippen LogP contribution is -2.48. The lowest BCUT2D eigenvalue weighted by atomic mass is 9.96. The standard InChI is InChI=1S/C15H19ClN2O2/c16-11-6-7-14-13(10-11)18(8-9-20-14)15(19)17-12-4-2-1-3-5-12/h6-7,10,12H,1-5,8-9H2,(H,17,19). The van der Waals surface area contributed by atoms with E-state index < -0.39 is 0 Å². The first-order valence-electron chi connectivity index (χ1n) is 7.24. The highest BCUT2D eigenvalue weighted by molar-refractivity contribution is 6.31. The third kappa shape index (κ3) is 2.85. The van der Waals surface area contributed by atoms with E-state index in [4.69, 9.17) is 16.3 Å². The number of amides is 2. The van der Waals surface area contributed by atoms with Crippen LogP contribution in [0.2, 0.25) is 5.02 Å². The van der Waals surface area contributed by atoms with Crippen LogP contribution in [0.4, 0.5) is 10.5 Å². The van der Waals surface area contributed by atoms with Crippen molar-refractivity contribution in [1.29, 1.82) is 0 Å². The van der Waals surface area contributed by atoms with Crippen LogP contribution in [0.15, 0.2) is 18.2 Å². The molecule has 0 spiro atoms. The highest BCUT2D eigenvalue weighted by Crippen LogP contribution is 2.34. The fourth-order valence-electron chi connectivity index (χ4n) is 2.90. The van der Waals surface area contributed by atoms with E-state index in [2.05, 4.69) is 5.32 Å². The van der Waals surface area contributed by atoms with Crippen LogP contribution in [-0.4, -0.2) is 25.2 Å². The Morgan fingerprint density at radius 3 is 2.90 bits per heavy atom. The van der Waals surface area contributed by atoms with Crippen molar-refractivity contribution in [2.45, 2.75) is 38.1 Å². The second kappa shape index (κ2) is 5.92. The summed E-state index contributed by atoms with van der Waals surface area (Å²) in [6.07, 6.45) is 5.85. The van der Waals surface area contributed by atoms with Crippen LogP contribution >= 0.6 is 11.6 Å². The van der Waals surface area contributed by atoms with E-state index in [1.807, 2.05) is 6.07 Å². The van der Waals surface area contributed by atoms with E-state index >= 15 is 0 Å². The third-order valence-corrected chi connectivity index (χ3v) is 4.20. The lowest BCUT2D eigenvalue weighted by molar-refractivity contribution is 0.232. The van der Waals surface area contributed by atoms with Gasteiger partial charge in [-0.1, -0.05) is 30.9 Å². The van der Waals surface area contributed by atoms with Gasteiger partial charge in [-0.2, -0.15) is 0 Å². The summed E-state index contributed by atoms with van der Waals surface area (Å²) in [5.74, 6) is 0.722. The Kier molecular flexibility index (Phi) is 4.01. The smallest absolute Gasteiger partial charge is 0.322 e. The van der Waals surface area contributed by atoms with Gasteiger partial charge in [0.1, 0.15) is 12.4 Å². The van der Waals surface area contributed by atoms with E-state index in [9.17, 15) is 4.79 Å². The van der Waals surface area contributed by atoms with Crippen molar-refractivity contribution >= 4 is 23.3 Å². The number of rotatable bonds is 1. The number of nitrogens with zero attached hydrogens (tertiary/aromatic N) is 1. The molecule has 1 fully saturated rings. The van der Waals surface area contributed by atoms with Crippen LogP contribution < -0.4 is 15.0 Å². The molecule has 20 heavy (non-hydrogen) atoms. The van der Waals surface area contributed by atoms with Crippen molar-refractivity contribution in [1.82, 2.24) is 5.32 Å².